The molecule has 0 atom stereocenters. The van der Waals surface area contributed by atoms with Gasteiger partial charge in [-0.15, -0.1) is 0 Å². The van der Waals surface area contributed by atoms with Gasteiger partial charge in [0.25, 0.3) is 0 Å². The highest BCUT2D eigenvalue weighted by atomic mass is 32.1. The summed E-state index contributed by atoms with van der Waals surface area (Å²) in [6.07, 6.45) is 1.02. The number of hydrogen-bond acceptors (Lipinski definition) is 3. The van der Waals surface area contributed by atoms with Crippen LogP contribution in [0.1, 0.15) is 25.8 Å². The van der Waals surface area contributed by atoms with E-state index in [2.05, 4.69) is 53.6 Å². The summed E-state index contributed by atoms with van der Waals surface area (Å²) in [5.41, 5.74) is 3.52. The molecule has 2 rings (SSSR count). The highest BCUT2D eigenvalue weighted by Gasteiger charge is 2.04. The average molecular weight is 372 g/mol. The van der Waals surface area contributed by atoms with E-state index >= 15 is 0 Å². The first-order chi connectivity index (χ1) is 12.6. The Bertz CT molecular complexity index is 671. The third kappa shape index (κ3) is 6.56. The predicted molar refractivity (Wildman–Crippen MR) is 116 cm³/mol. The quantitative estimate of drug-likeness (QED) is 0.498. The molecule has 0 amide bonds. The number of rotatable bonds is 9. The molecular formula is C21H29N3OS. The van der Waals surface area contributed by atoms with Crippen molar-refractivity contribution in [2.45, 2.75) is 27.2 Å². The monoisotopic (exact) mass is 371 g/mol. The minimum Gasteiger partial charge on any atom is -0.494 e. The molecule has 0 spiro atoms. The highest BCUT2D eigenvalue weighted by molar-refractivity contribution is 7.80. The lowest BCUT2D eigenvalue weighted by atomic mass is 10.2. The van der Waals surface area contributed by atoms with Crippen LogP contribution in [0.5, 0.6) is 5.75 Å². The van der Waals surface area contributed by atoms with Crippen LogP contribution in [0.3, 0.4) is 0 Å². The fourth-order valence-corrected chi connectivity index (χ4v) is 2.89. The first kappa shape index (κ1) is 20.0. The number of aryl methyl sites for hydroxylation is 1. The third-order valence-electron chi connectivity index (χ3n) is 4.09. The van der Waals surface area contributed by atoms with Gasteiger partial charge in [-0.2, -0.15) is 0 Å². The Morgan fingerprint density at radius 1 is 1.04 bits per heavy atom. The van der Waals surface area contributed by atoms with Gasteiger partial charge in [0.05, 0.1) is 6.61 Å². The molecule has 0 aliphatic rings. The summed E-state index contributed by atoms with van der Waals surface area (Å²) in [4.78, 5) is 2.38. The molecule has 5 heteroatoms. The molecule has 140 valence electrons. The van der Waals surface area contributed by atoms with E-state index in [0.29, 0.717) is 11.7 Å². The number of anilines is 2. The van der Waals surface area contributed by atoms with Gasteiger partial charge >= 0.3 is 0 Å². The molecule has 2 N–H and O–H groups in total. The SMILES string of the molecule is CCOc1ccc(NC(=S)NCCCN(CC)c2ccc(C)cc2)cc1. The van der Waals surface area contributed by atoms with Gasteiger partial charge in [-0.05, 0) is 75.8 Å². The zero-order valence-corrected chi connectivity index (χ0v) is 16.7. The number of thiocarbonyl (C=S) groups is 1. The lowest BCUT2D eigenvalue weighted by Crippen LogP contribution is -2.32. The summed E-state index contributed by atoms with van der Waals surface area (Å²) in [7, 11) is 0. The van der Waals surface area contributed by atoms with Crippen molar-refractivity contribution in [2.75, 3.05) is 36.5 Å². The summed E-state index contributed by atoms with van der Waals surface area (Å²) in [6, 6.07) is 16.5. The number of nitrogens with one attached hydrogen (secondary N) is 2. The molecule has 0 radical (unpaired) electrons. The maximum absolute atomic E-state index is 5.44. The summed E-state index contributed by atoms with van der Waals surface area (Å²) in [6.45, 7) is 9.78. The molecule has 0 aromatic heterocycles. The summed E-state index contributed by atoms with van der Waals surface area (Å²) in [5.74, 6) is 0.868. The number of benzene rings is 2. The molecule has 2 aromatic carbocycles. The van der Waals surface area contributed by atoms with Crippen molar-refractivity contribution in [3.8, 4) is 5.75 Å². The van der Waals surface area contributed by atoms with Gasteiger partial charge in [0.2, 0.25) is 0 Å². The van der Waals surface area contributed by atoms with E-state index in [-0.39, 0.29) is 0 Å². The minimum atomic E-state index is 0.646. The fraction of sp³-hybridized carbons (Fsp3) is 0.381. The first-order valence-electron chi connectivity index (χ1n) is 9.21. The van der Waals surface area contributed by atoms with E-state index in [0.717, 1.165) is 37.5 Å². The van der Waals surface area contributed by atoms with Crippen LogP contribution in [-0.2, 0) is 0 Å². The van der Waals surface area contributed by atoms with Crippen molar-refractivity contribution < 1.29 is 4.74 Å². The van der Waals surface area contributed by atoms with Gasteiger partial charge in [-0.25, -0.2) is 0 Å². The van der Waals surface area contributed by atoms with E-state index in [9.17, 15) is 0 Å². The Kier molecular flexibility index (Phi) is 8.22. The van der Waals surface area contributed by atoms with Crippen molar-refractivity contribution in [3.05, 3.63) is 54.1 Å². The smallest absolute Gasteiger partial charge is 0.170 e. The average Bonchev–Trinajstić information content (AvgIpc) is 2.65. The standard InChI is InChI=1S/C21H29N3OS/c1-4-24(19-11-7-17(3)8-12-19)16-6-15-22-21(26)23-18-9-13-20(14-10-18)25-5-2/h7-14H,4-6,15-16H2,1-3H3,(H2,22,23,26). The highest BCUT2D eigenvalue weighted by Crippen LogP contribution is 2.16. The first-order valence-corrected chi connectivity index (χ1v) is 9.62. The van der Waals surface area contributed by atoms with Crippen LogP contribution in [0.4, 0.5) is 11.4 Å². The van der Waals surface area contributed by atoms with Crippen molar-refractivity contribution in [2.24, 2.45) is 0 Å². The molecular weight excluding hydrogens is 342 g/mol. The van der Waals surface area contributed by atoms with Crippen LogP contribution in [0.2, 0.25) is 0 Å². The number of ether oxygens (including phenoxy) is 1. The summed E-state index contributed by atoms with van der Waals surface area (Å²) < 4.78 is 5.44. The van der Waals surface area contributed by atoms with Gasteiger partial charge in [-0.1, -0.05) is 17.7 Å². The Hall–Kier alpha value is -2.27. The van der Waals surface area contributed by atoms with Gasteiger partial charge < -0.3 is 20.3 Å². The summed E-state index contributed by atoms with van der Waals surface area (Å²) >= 11 is 5.37. The van der Waals surface area contributed by atoms with Crippen molar-refractivity contribution >= 4 is 28.7 Å². The Morgan fingerprint density at radius 2 is 1.73 bits per heavy atom. The van der Waals surface area contributed by atoms with E-state index < -0.39 is 0 Å². The van der Waals surface area contributed by atoms with E-state index in [4.69, 9.17) is 17.0 Å². The zero-order chi connectivity index (χ0) is 18.8. The summed E-state index contributed by atoms with van der Waals surface area (Å²) in [5, 5.41) is 7.12. The maximum Gasteiger partial charge on any atom is 0.170 e. The Labute approximate surface area is 162 Å². The van der Waals surface area contributed by atoms with Crippen molar-refractivity contribution in [1.82, 2.24) is 5.32 Å². The van der Waals surface area contributed by atoms with E-state index in [1.807, 2.05) is 31.2 Å². The van der Waals surface area contributed by atoms with Crippen LogP contribution in [0.25, 0.3) is 0 Å². The molecule has 4 nitrogen and oxygen atoms in total. The lowest BCUT2D eigenvalue weighted by Gasteiger charge is -2.23. The molecule has 0 aliphatic heterocycles. The van der Waals surface area contributed by atoms with Gasteiger partial charge in [0.15, 0.2) is 5.11 Å². The molecule has 0 bridgehead atoms. The topological polar surface area (TPSA) is 36.5 Å². The second-order valence-corrected chi connectivity index (χ2v) is 6.52. The minimum absolute atomic E-state index is 0.646. The van der Waals surface area contributed by atoms with Crippen LogP contribution >= 0.6 is 12.2 Å². The number of hydrogen-bond donors (Lipinski definition) is 2. The zero-order valence-electron chi connectivity index (χ0n) is 15.9. The van der Waals surface area contributed by atoms with Crippen LogP contribution in [-0.4, -0.2) is 31.4 Å². The molecule has 0 heterocycles. The Balaban J connectivity index is 1.71. The van der Waals surface area contributed by atoms with Crippen molar-refractivity contribution in [1.29, 1.82) is 0 Å². The second-order valence-electron chi connectivity index (χ2n) is 6.11. The van der Waals surface area contributed by atoms with Crippen LogP contribution in [0.15, 0.2) is 48.5 Å². The van der Waals surface area contributed by atoms with Crippen molar-refractivity contribution in [3.63, 3.8) is 0 Å². The van der Waals surface area contributed by atoms with E-state index in [1.54, 1.807) is 0 Å². The van der Waals surface area contributed by atoms with Gasteiger partial charge in [0, 0.05) is 31.0 Å². The normalized spacial score (nSPS) is 10.3. The second kappa shape index (κ2) is 10.7. The molecule has 0 fully saturated rings. The molecule has 2 aromatic rings. The van der Waals surface area contributed by atoms with Gasteiger partial charge in [0.1, 0.15) is 5.75 Å². The molecule has 0 saturated carbocycles. The number of nitrogens with zero attached hydrogens (tertiary/aromatic N) is 1. The Morgan fingerprint density at radius 3 is 2.35 bits per heavy atom. The predicted octanol–water partition coefficient (Wildman–Crippen LogP) is 4.60. The lowest BCUT2D eigenvalue weighted by molar-refractivity contribution is 0.340. The maximum atomic E-state index is 5.44. The fourth-order valence-electron chi connectivity index (χ4n) is 2.67. The van der Waals surface area contributed by atoms with Crippen LogP contribution in [0, 0.1) is 6.92 Å². The third-order valence-corrected chi connectivity index (χ3v) is 4.34. The molecule has 0 unspecified atom stereocenters. The largest absolute Gasteiger partial charge is 0.494 e. The van der Waals surface area contributed by atoms with Crippen LogP contribution < -0.4 is 20.3 Å². The van der Waals surface area contributed by atoms with E-state index in [1.165, 1.54) is 11.3 Å². The molecule has 0 aliphatic carbocycles. The van der Waals surface area contributed by atoms with Gasteiger partial charge in [-0.3, -0.25) is 0 Å². The molecule has 26 heavy (non-hydrogen) atoms. The molecule has 0 saturated heterocycles.